The van der Waals surface area contributed by atoms with Crippen LogP contribution in [0, 0.1) is 0 Å². The Labute approximate surface area is 292 Å². The monoisotopic (exact) mass is 652 g/mol. The summed E-state index contributed by atoms with van der Waals surface area (Å²) in [5.41, 5.74) is 7.97. The average Bonchev–Trinajstić information content (AvgIpc) is 3.74. The van der Waals surface area contributed by atoms with Gasteiger partial charge in [0.2, 0.25) is 0 Å². The third kappa shape index (κ3) is 3.92. The van der Waals surface area contributed by atoms with Crippen molar-refractivity contribution >= 4 is 85.8 Å². The van der Waals surface area contributed by atoms with Gasteiger partial charge in [-0.2, -0.15) is 0 Å². The van der Waals surface area contributed by atoms with Crippen molar-refractivity contribution < 1.29 is 0 Å². The highest BCUT2D eigenvalue weighted by molar-refractivity contribution is 7.25. The first-order chi connectivity index (χ1) is 24.8. The molecule has 3 heterocycles. The predicted molar refractivity (Wildman–Crippen MR) is 215 cm³/mol. The minimum Gasteiger partial charge on any atom is -0.307 e. The van der Waals surface area contributed by atoms with E-state index in [1.54, 1.807) is 11.3 Å². The molecule has 0 aliphatic rings. The predicted octanol–water partition coefficient (Wildman–Crippen LogP) is 13.3. The molecule has 3 aromatic heterocycles. The summed E-state index contributed by atoms with van der Waals surface area (Å²) in [6, 6.07) is 61.7. The fourth-order valence-electron chi connectivity index (χ4n) is 8.18. The highest BCUT2D eigenvalue weighted by atomic mass is 32.1. The van der Waals surface area contributed by atoms with Gasteiger partial charge in [0.15, 0.2) is 0 Å². The van der Waals surface area contributed by atoms with Crippen LogP contribution < -0.4 is 0 Å². The van der Waals surface area contributed by atoms with E-state index in [4.69, 9.17) is 4.98 Å². The van der Waals surface area contributed by atoms with Crippen molar-refractivity contribution in [3.63, 3.8) is 0 Å². The van der Waals surface area contributed by atoms with Crippen molar-refractivity contribution in [3.8, 4) is 28.1 Å². The van der Waals surface area contributed by atoms with Crippen molar-refractivity contribution in [1.82, 2.24) is 9.55 Å². The maximum atomic E-state index is 5.50. The Hall–Kier alpha value is -6.29. The smallest absolute Gasteiger partial charge is 0.125 e. The molecule has 0 radical (unpaired) electrons. The molecule has 0 atom stereocenters. The van der Waals surface area contributed by atoms with Crippen LogP contribution >= 0.6 is 11.3 Å². The van der Waals surface area contributed by atoms with Crippen molar-refractivity contribution in [3.05, 3.63) is 170 Å². The molecule has 0 saturated heterocycles. The van der Waals surface area contributed by atoms with Crippen LogP contribution in [0.15, 0.2) is 170 Å². The Morgan fingerprint density at radius 2 is 0.940 bits per heavy atom. The summed E-state index contributed by atoms with van der Waals surface area (Å²) in [6.45, 7) is 0. The SMILES string of the molecule is c1ccc(-n2c3ccccc3c3c4c(nc(-c5ccc(-c6ccc7c8ccccc8c8ccccc8c7c6)cc5)c32)sc2ccccc24)cc1. The molecule has 50 heavy (non-hydrogen) atoms. The number of hydrogen-bond acceptors (Lipinski definition) is 2. The first kappa shape index (κ1) is 27.6. The number of nitrogens with zero attached hydrogens (tertiary/aromatic N) is 2. The Bertz CT molecular complexity index is 3100. The highest BCUT2D eigenvalue weighted by Crippen LogP contribution is 2.46. The Kier molecular flexibility index (Phi) is 5.86. The van der Waals surface area contributed by atoms with E-state index in [0.717, 1.165) is 27.3 Å². The third-order valence-corrected chi connectivity index (χ3v) is 11.5. The molecule has 232 valence electrons. The van der Waals surface area contributed by atoms with Gasteiger partial charge in [0.05, 0.1) is 16.7 Å². The number of rotatable bonds is 3. The van der Waals surface area contributed by atoms with Crippen LogP contribution in [0.1, 0.15) is 0 Å². The second-order valence-electron chi connectivity index (χ2n) is 13.1. The molecule has 8 aromatic carbocycles. The molecular weight excluding hydrogens is 625 g/mol. The Morgan fingerprint density at radius 1 is 0.400 bits per heavy atom. The molecule has 0 bridgehead atoms. The summed E-state index contributed by atoms with van der Waals surface area (Å²) in [7, 11) is 0. The molecule has 2 nitrogen and oxygen atoms in total. The zero-order chi connectivity index (χ0) is 32.8. The normalized spacial score (nSPS) is 12.0. The van der Waals surface area contributed by atoms with Gasteiger partial charge in [-0.3, -0.25) is 0 Å². The van der Waals surface area contributed by atoms with E-state index in [0.29, 0.717) is 0 Å². The molecule has 11 rings (SSSR count). The summed E-state index contributed by atoms with van der Waals surface area (Å²) in [6.07, 6.45) is 0. The van der Waals surface area contributed by atoms with E-state index in [9.17, 15) is 0 Å². The molecule has 11 aromatic rings. The molecule has 0 aliphatic heterocycles. The fourth-order valence-corrected chi connectivity index (χ4v) is 9.26. The van der Waals surface area contributed by atoms with Gasteiger partial charge in [-0.05, 0) is 73.8 Å². The summed E-state index contributed by atoms with van der Waals surface area (Å²) >= 11 is 1.78. The van der Waals surface area contributed by atoms with Crippen molar-refractivity contribution in [2.75, 3.05) is 0 Å². The molecular formula is C47H28N2S. The number of thiophene rings is 1. The van der Waals surface area contributed by atoms with Gasteiger partial charge in [-0.1, -0.05) is 140 Å². The average molecular weight is 653 g/mol. The number of para-hydroxylation sites is 2. The summed E-state index contributed by atoms with van der Waals surface area (Å²) in [5, 5.41) is 12.8. The van der Waals surface area contributed by atoms with Crippen LogP contribution in [0.3, 0.4) is 0 Å². The van der Waals surface area contributed by atoms with Gasteiger partial charge in [0.1, 0.15) is 4.83 Å². The minimum absolute atomic E-state index is 1.00. The van der Waals surface area contributed by atoms with Crippen molar-refractivity contribution in [1.29, 1.82) is 0 Å². The van der Waals surface area contributed by atoms with Crippen molar-refractivity contribution in [2.45, 2.75) is 0 Å². The fraction of sp³-hybridized carbons (Fsp3) is 0. The summed E-state index contributed by atoms with van der Waals surface area (Å²) < 4.78 is 3.67. The highest BCUT2D eigenvalue weighted by Gasteiger charge is 2.23. The van der Waals surface area contributed by atoms with Gasteiger partial charge in [0.25, 0.3) is 0 Å². The second-order valence-corrected chi connectivity index (χ2v) is 14.1. The molecule has 0 N–H and O–H groups in total. The van der Waals surface area contributed by atoms with Crippen molar-refractivity contribution in [2.24, 2.45) is 0 Å². The van der Waals surface area contributed by atoms with Crippen LogP contribution in [-0.2, 0) is 0 Å². The summed E-state index contributed by atoms with van der Waals surface area (Å²) in [4.78, 5) is 6.57. The van der Waals surface area contributed by atoms with E-state index < -0.39 is 0 Å². The maximum absolute atomic E-state index is 5.50. The minimum atomic E-state index is 1.00. The largest absolute Gasteiger partial charge is 0.307 e. The van der Waals surface area contributed by atoms with Gasteiger partial charge in [0, 0.05) is 37.5 Å². The standard InChI is InChI=1S/C47H28N2S/c1-2-12-32(13-3-1)49-41-20-10-8-18-38(41)43-44-39-19-9-11-21-42(39)50-47(44)48-45(46(43)49)30-24-22-29(23-25-30)31-26-27-37-35-16-5-4-14-33(35)34-15-6-7-17-36(34)40(37)28-31/h1-28H. The van der Waals surface area contributed by atoms with Crippen LogP contribution in [0.5, 0.6) is 0 Å². The van der Waals surface area contributed by atoms with E-state index in [1.165, 1.54) is 75.2 Å². The molecule has 0 saturated carbocycles. The molecule has 3 heteroatoms. The summed E-state index contributed by atoms with van der Waals surface area (Å²) in [5.74, 6) is 0. The molecule has 0 amide bonds. The number of pyridine rings is 1. The van der Waals surface area contributed by atoms with E-state index in [2.05, 4.69) is 174 Å². The molecule has 0 fully saturated rings. The molecule has 0 spiro atoms. The van der Waals surface area contributed by atoms with Gasteiger partial charge >= 0.3 is 0 Å². The number of fused-ring (bicyclic) bond motifs is 13. The lowest BCUT2D eigenvalue weighted by molar-refractivity contribution is 1.17. The first-order valence-electron chi connectivity index (χ1n) is 17.1. The van der Waals surface area contributed by atoms with Gasteiger partial charge < -0.3 is 4.57 Å². The zero-order valence-corrected chi connectivity index (χ0v) is 27.8. The lowest BCUT2D eigenvalue weighted by Crippen LogP contribution is -1.97. The topological polar surface area (TPSA) is 17.8 Å². The van der Waals surface area contributed by atoms with Crippen LogP contribution in [-0.4, -0.2) is 9.55 Å². The van der Waals surface area contributed by atoms with Crippen LogP contribution in [0.25, 0.3) is 102 Å². The van der Waals surface area contributed by atoms with E-state index >= 15 is 0 Å². The number of aromatic nitrogens is 2. The number of benzene rings is 8. The first-order valence-corrected chi connectivity index (χ1v) is 17.9. The quantitative estimate of drug-likeness (QED) is 0.174. The van der Waals surface area contributed by atoms with Gasteiger partial charge in [-0.25, -0.2) is 4.98 Å². The Morgan fingerprint density at radius 3 is 1.66 bits per heavy atom. The third-order valence-electron chi connectivity index (χ3n) is 10.4. The Balaban J connectivity index is 1.16. The zero-order valence-electron chi connectivity index (χ0n) is 27.0. The molecule has 0 aliphatic carbocycles. The molecule has 0 unspecified atom stereocenters. The van der Waals surface area contributed by atoms with Crippen LogP contribution in [0.2, 0.25) is 0 Å². The van der Waals surface area contributed by atoms with E-state index in [-0.39, 0.29) is 0 Å². The lowest BCUT2D eigenvalue weighted by atomic mass is 9.92. The lowest BCUT2D eigenvalue weighted by Gasteiger charge is -2.13. The maximum Gasteiger partial charge on any atom is 0.125 e. The number of hydrogen-bond donors (Lipinski definition) is 0. The van der Waals surface area contributed by atoms with Gasteiger partial charge in [-0.15, -0.1) is 11.3 Å². The second kappa shape index (κ2) is 10.6. The van der Waals surface area contributed by atoms with Crippen LogP contribution in [0.4, 0.5) is 0 Å². The van der Waals surface area contributed by atoms with E-state index in [1.807, 2.05) is 0 Å².